The Morgan fingerprint density at radius 2 is 1.93 bits per heavy atom. The summed E-state index contributed by atoms with van der Waals surface area (Å²) in [5.41, 5.74) is 1.59. The Morgan fingerprint density at radius 3 is 2.57 bits per heavy atom. The molecule has 1 saturated heterocycles. The number of benzene rings is 2. The number of amidine groups is 1. The molecular weight excluding hydrogens is 491 g/mol. The molecule has 0 radical (unpaired) electrons. The van der Waals surface area contributed by atoms with Gasteiger partial charge in [0.1, 0.15) is 5.75 Å². The molecule has 0 unspecified atom stereocenters. The van der Waals surface area contributed by atoms with E-state index in [1.165, 1.54) is 11.8 Å². The lowest BCUT2D eigenvalue weighted by Crippen LogP contribution is -2.19. The fourth-order valence-electron chi connectivity index (χ4n) is 2.55. The highest BCUT2D eigenvalue weighted by Crippen LogP contribution is 2.35. The van der Waals surface area contributed by atoms with E-state index in [-0.39, 0.29) is 5.91 Å². The van der Waals surface area contributed by atoms with Crippen LogP contribution in [0.1, 0.15) is 12.5 Å². The van der Waals surface area contributed by atoms with Gasteiger partial charge in [-0.15, -0.1) is 0 Å². The molecule has 6 nitrogen and oxygen atoms in total. The van der Waals surface area contributed by atoms with Gasteiger partial charge in [0.2, 0.25) is 0 Å². The smallest absolute Gasteiger partial charge is 0.264 e. The summed E-state index contributed by atoms with van der Waals surface area (Å²) in [6.07, 6.45) is 1.81. The fourth-order valence-corrected chi connectivity index (χ4v) is 4.24. The van der Waals surface area contributed by atoms with Gasteiger partial charge in [0.15, 0.2) is 16.7 Å². The Hall–Kier alpha value is -2.20. The molecule has 2 aromatic rings. The first kappa shape index (κ1) is 20.5. The van der Waals surface area contributed by atoms with Gasteiger partial charge in [0.05, 0.1) is 35.0 Å². The number of hydrogen-bond donors (Lipinski definition) is 1. The van der Waals surface area contributed by atoms with E-state index in [1.54, 1.807) is 14.2 Å². The van der Waals surface area contributed by atoms with Crippen LogP contribution < -0.4 is 19.5 Å². The highest BCUT2D eigenvalue weighted by molar-refractivity contribution is 14.1. The minimum absolute atomic E-state index is 0.181. The van der Waals surface area contributed by atoms with Crippen LogP contribution in [0.25, 0.3) is 6.08 Å². The molecule has 0 aliphatic carbocycles. The predicted octanol–water partition coefficient (Wildman–Crippen LogP) is 4.60. The molecule has 2 aromatic carbocycles. The number of carbonyl (C=O) groups is 1. The average molecular weight is 510 g/mol. The topological polar surface area (TPSA) is 69.2 Å². The van der Waals surface area contributed by atoms with Crippen LogP contribution >= 0.6 is 34.4 Å². The Balaban J connectivity index is 1.81. The molecule has 0 bridgehead atoms. The lowest BCUT2D eigenvalue weighted by Gasteiger charge is -2.10. The van der Waals surface area contributed by atoms with Crippen LogP contribution in [0.3, 0.4) is 0 Å². The van der Waals surface area contributed by atoms with Crippen molar-refractivity contribution in [1.82, 2.24) is 5.32 Å². The maximum atomic E-state index is 12.3. The summed E-state index contributed by atoms with van der Waals surface area (Å²) in [6, 6.07) is 11.2. The molecule has 0 aromatic heterocycles. The van der Waals surface area contributed by atoms with E-state index in [9.17, 15) is 4.79 Å². The van der Waals surface area contributed by atoms with Crippen molar-refractivity contribution in [3.05, 3.63) is 50.4 Å². The van der Waals surface area contributed by atoms with E-state index in [0.717, 1.165) is 20.6 Å². The number of carbonyl (C=O) groups excluding carboxylic acids is 1. The number of ether oxygens (including phenoxy) is 3. The monoisotopic (exact) mass is 510 g/mol. The second kappa shape index (κ2) is 9.33. The molecule has 1 N–H and O–H groups in total. The molecule has 146 valence electrons. The van der Waals surface area contributed by atoms with Crippen LogP contribution in [0.2, 0.25) is 0 Å². The number of nitrogens with zero attached hydrogens (tertiary/aromatic N) is 1. The third-order valence-corrected chi connectivity index (χ3v) is 5.49. The van der Waals surface area contributed by atoms with Crippen molar-refractivity contribution in [3.63, 3.8) is 0 Å². The number of halogens is 1. The first-order valence-corrected chi connectivity index (χ1v) is 10.4. The van der Waals surface area contributed by atoms with E-state index in [2.05, 4.69) is 32.9 Å². The van der Waals surface area contributed by atoms with E-state index < -0.39 is 0 Å². The van der Waals surface area contributed by atoms with Gasteiger partial charge in [-0.05, 0) is 89.3 Å². The molecular formula is C20H19IN2O4S. The van der Waals surface area contributed by atoms with Gasteiger partial charge in [0.25, 0.3) is 5.91 Å². The Morgan fingerprint density at radius 1 is 1.18 bits per heavy atom. The average Bonchev–Trinajstić information content (AvgIpc) is 3.02. The number of hydrogen-bond acceptors (Lipinski definition) is 6. The van der Waals surface area contributed by atoms with Crippen molar-refractivity contribution in [2.45, 2.75) is 6.92 Å². The largest absolute Gasteiger partial charge is 0.494 e. The van der Waals surface area contributed by atoms with Crippen LogP contribution in [0.4, 0.5) is 5.69 Å². The van der Waals surface area contributed by atoms with Gasteiger partial charge in [-0.2, -0.15) is 0 Å². The minimum atomic E-state index is -0.181. The quantitative estimate of drug-likeness (QED) is 0.455. The molecule has 0 spiro atoms. The summed E-state index contributed by atoms with van der Waals surface area (Å²) in [5, 5.41) is 3.33. The predicted molar refractivity (Wildman–Crippen MR) is 121 cm³/mol. The zero-order chi connectivity index (χ0) is 20.1. The zero-order valence-corrected chi connectivity index (χ0v) is 18.6. The Kier molecular flexibility index (Phi) is 6.84. The summed E-state index contributed by atoms with van der Waals surface area (Å²) in [5.74, 6) is 1.90. The summed E-state index contributed by atoms with van der Waals surface area (Å²) >= 11 is 3.48. The van der Waals surface area contributed by atoms with E-state index >= 15 is 0 Å². The van der Waals surface area contributed by atoms with Crippen molar-refractivity contribution in [1.29, 1.82) is 0 Å². The molecule has 3 rings (SSSR count). The highest BCUT2D eigenvalue weighted by atomic mass is 127. The first-order chi connectivity index (χ1) is 13.5. The van der Waals surface area contributed by atoms with Gasteiger partial charge in [-0.25, -0.2) is 4.99 Å². The third-order valence-electron chi connectivity index (χ3n) is 3.78. The van der Waals surface area contributed by atoms with Gasteiger partial charge in [0, 0.05) is 0 Å². The highest BCUT2D eigenvalue weighted by Gasteiger charge is 2.24. The molecule has 1 aliphatic rings. The summed E-state index contributed by atoms with van der Waals surface area (Å²) in [4.78, 5) is 17.4. The van der Waals surface area contributed by atoms with Crippen molar-refractivity contribution in [2.75, 3.05) is 20.8 Å². The number of thioether (sulfide) groups is 1. The van der Waals surface area contributed by atoms with Crippen molar-refractivity contribution in [3.8, 4) is 17.2 Å². The van der Waals surface area contributed by atoms with Gasteiger partial charge < -0.3 is 19.5 Å². The minimum Gasteiger partial charge on any atom is -0.494 e. The van der Waals surface area contributed by atoms with Crippen LogP contribution in [0, 0.1) is 3.57 Å². The Labute approximate surface area is 181 Å². The summed E-state index contributed by atoms with van der Waals surface area (Å²) in [7, 11) is 3.19. The van der Waals surface area contributed by atoms with Crippen molar-refractivity contribution in [2.24, 2.45) is 4.99 Å². The Bertz CT molecular complexity index is 942. The molecule has 1 fully saturated rings. The van der Waals surface area contributed by atoms with E-state index in [4.69, 9.17) is 14.2 Å². The standard InChI is InChI=1S/C20H19IN2O4S/c1-4-27-14-7-5-13(6-8-14)22-20-23-19(24)17(28-20)11-12-9-15(21)18(26-3)16(10-12)25-2/h5-11H,4H2,1-3H3,(H,22,23,24). The fraction of sp³-hybridized carbons (Fsp3) is 0.200. The maximum Gasteiger partial charge on any atom is 0.264 e. The van der Waals surface area contributed by atoms with E-state index in [1.807, 2.05) is 49.4 Å². The second-order valence-electron chi connectivity index (χ2n) is 5.65. The van der Waals surface area contributed by atoms with Crippen molar-refractivity contribution >= 4 is 57.2 Å². The van der Waals surface area contributed by atoms with Crippen LogP contribution in [-0.4, -0.2) is 31.9 Å². The number of amides is 1. The summed E-state index contributed by atoms with van der Waals surface area (Å²) < 4.78 is 17.1. The third kappa shape index (κ3) is 4.79. The van der Waals surface area contributed by atoms with Crippen LogP contribution in [0.15, 0.2) is 46.3 Å². The van der Waals surface area contributed by atoms with Crippen LogP contribution in [0.5, 0.6) is 17.2 Å². The van der Waals surface area contributed by atoms with Gasteiger partial charge in [-0.3, -0.25) is 4.79 Å². The lowest BCUT2D eigenvalue weighted by molar-refractivity contribution is -0.115. The van der Waals surface area contributed by atoms with E-state index in [0.29, 0.717) is 28.2 Å². The van der Waals surface area contributed by atoms with Crippen LogP contribution in [-0.2, 0) is 4.79 Å². The normalized spacial score (nSPS) is 16.4. The number of aliphatic imine (C=N–C) groups is 1. The number of methoxy groups -OCH3 is 2. The number of nitrogens with one attached hydrogen (secondary N) is 1. The number of rotatable bonds is 6. The summed E-state index contributed by atoms with van der Waals surface area (Å²) in [6.45, 7) is 2.55. The maximum absolute atomic E-state index is 12.3. The lowest BCUT2D eigenvalue weighted by atomic mass is 10.2. The first-order valence-electron chi connectivity index (χ1n) is 8.48. The molecule has 1 heterocycles. The second-order valence-corrected chi connectivity index (χ2v) is 7.84. The molecule has 28 heavy (non-hydrogen) atoms. The molecule has 1 aliphatic heterocycles. The molecule has 8 heteroatoms. The SMILES string of the molecule is CCOc1ccc(N=C2NC(=O)C(=Cc3cc(I)c(OC)c(OC)c3)S2)cc1. The molecule has 0 atom stereocenters. The van der Waals surface area contributed by atoms with Gasteiger partial charge >= 0.3 is 0 Å². The van der Waals surface area contributed by atoms with Gasteiger partial charge in [-0.1, -0.05) is 0 Å². The zero-order valence-electron chi connectivity index (χ0n) is 15.6. The molecule has 0 saturated carbocycles. The van der Waals surface area contributed by atoms with Crippen molar-refractivity contribution < 1.29 is 19.0 Å². The molecule has 1 amide bonds.